The molecule has 0 atom stereocenters. The predicted molar refractivity (Wildman–Crippen MR) is 88.9 cm³/mol. The molecule has 0 saturated carbocycles. The number of ether oxygens (including phenoxy) is 1. The van der Waals surface area contributed by atoms with Crippen molar-refractivity contribution in [3.63, 3.8) is 0 Å². The van der Waals surface area contributed by atoms with Crippen LogP contribution >= 0.6 is 15.9 Å². The molecule has 21 heavy (non-hydrogen) atoms. The van der Waals surface area contributed by atoms with Crippen molar-refractivity contribution in [2.75, 3.05) is 19.1 Å². The van der Waals surface area contributed by atoms with E-state index in [9.17, 15) is 0 Å². The Bertz CT molecular complexity index is 616. The minimum absolute atomic E-state index is 0.298. The van der Waals surface area contributed by atoms with Gasteiger partial charge in [-0.3, -0.25) is 0 Å². The molecule has 0 unspecified atom stereocenters. The van der Waals surface area contributed by atoms with Crippen molar-refractivity contribution in [3.8, 4) is 5.75 Å². The second-order valence-electron chi connectivity index (χ2n) is 5.27. The second-order valence-corrected chi connectivity index (χ2v) is 6.08. The Kier molecular flexibility index (Phi) is 5.17. The number of hydrogen-bond donors (Lipinski definition) is 0. The monoisotopic (exact) mass is 349 g/mol. The molecule has 0 amide bonds. The van der Waals surface area contributed by atoms with E-state index in [1.54, 1.807) is 7.11 Å². The van der Waals surface area contributed by atoms with E-state index in [0.717, 1.165) is 28.5 Å². The Morgan fingerprint density at radius 3 is 2.67 bits per heavy atom. The number of methoxy groups -OCH3 is 1. The van der Waals surface area contributed by atoms with Crippen LogP contribution in [0.4, 0.5) is 5.82 Å². The highest BCUT2D eigenvalue weighted by Gasteiger charge is 2.10. The number of halogens is 1. The van der Waals surface area contributed by atoms with Crippen molar-refractivity contribution in [3.05, 3.63) is 46.3 Å². The van der Waals surface area contributed by atoms with Gasteiger partial charge in [-0.1, -0.05) is 26.0 Å². The molecule has 0 aliphatic carbocycles. The summed E-state index contributed by atoms with van der Waals surface area (Å²) in [7, 11) is 3.71. The number of anilines is 1. The number of rotatable bonds is 5. The summed E-state index contributed by atoms with van der Waals surface area (Å²) in [5, 5.41) is 0. The highest BCUT2D eigenvalue weighted by atomic mass is 79.9. The first-order chi connectivity index (χ1) is 9.99. The molecule has 2 rings (SSSR count). The molecular weight excluding hydrogens is 330 g/mol. The average Bonchev–Trinajstić information content (AvgIpc) is 2.46. The molecule has 1 heterocycles. The summed E-state index contributed by atoms with van der Waals surface area (Å²) in [6.45, 7) is 4.94. The van der Waals surface area contributed by atoms with Gasteiger partial charge in [-0.2, -0.15) is 0 Å². The first-order valence-electron chi connectivity index (χ1n) is 6.88. The maximum atomic E-state index is 5.26. The van der Waals surface area contributed by atoms with E-state index in [1.165, 1.54) is 5.56 Å². The van der Waals surface area contributed by atoms with Gasteiger partial charge in [-0.15, -0.1) is 0 Å². The number of hydrogen-bond acceptors (Lipinski definition) is 4. The van der Waals surface area contributed by atoms with Gasteiger partial charge < -0.3 is 9.64 Å². The van der Waals surface area contributed by atoms with Crippen molar-refractivity contribution in [1.29, 1.82) is 0 Å². The molecule has 0 saturated heterocycles. The summed E-state index contributed by atoms with van der Waals surface area (Å²) in [5.74, 6) is 2.92. The van der Waals surface area contributed by atoms with E-state index in [1.807, 2.05) is 31.3 Å². The smallest absolute Gasteiger partial charge is 0.134 e. The molecule has 2 aromatic rings. The fourth-order valence-corrected chi connectivity index (χ4v) is 2.39. The van der Waals surface area contributed by atoms with E-state index >= 15 is 0 Å². The third-order valence-corrected chi connectivity index (χ3v) is 3.57. The standard InChI is InChI=1S/C16H20BrN3O/c1-11(2)16-18-14(17)9-15(19-16)20(3)10-12-6-5-7-13(8-12)21-4/h5-9,11H,10H2,1-4H3. The SMILES string of the molecule is COc1cccc(CN(C)c2cc(Br)nc(C(C)C)n2)c1. The van der Waals surface area contributed by atoms with Crippen LogP contribution in [0.2, 0.25) is 0 Å². The van der Waals surface area contributed by atoms with E-state index < -0.39 is 0 Å². The summed E-state index contributed by atoms with van der Waals surface area (Å²) in [6, 6.07) is 10.00. The highest BCUT2D eigenvalue weighted by molar-refractivity contribution is 9.10. The van der Waals surface area contributed by atoms with Gasteiger partial charge in [0.25, 0.3) is 0 Å². The summed E-state index contributed by atoms with van der Waals surface area (Å²) >= 11 is 3.46. The topological polar surface area (TPSA) is 38.2 Å². The summed E-state index contributed by atoms with van der Waals surface area (Å²) in [5.41, 5.74) is 1.18. The molecule has 5 heteroatoms. The molecule has 0 fully saturated rings. The van der Waals surface area contributed by atoms with Gasteiger partial charge in [0.1, 0.15) is 22.0 Å². The van der Waals surface area contributed by atoms with Crippen LogP contribution in [-0.4, -0.2) is 24.1 Å². The van der Waals surface area contributed by atoms with Crippen molar-refractivity contribution in [2.24, 2.45) is 0 Å². The average molecular weight is 350 g/mol. The molecule has 0 bridgehead atoms. The molecule has 0 aliphatic rings. The van der Waals surface area contributed by atoms with E-state index in [2.05, 4.69) is 50.7 Å². The van der Waals surface area contributed by atoms with Crippen LogP contribution in [0.3, 0.4) is 0 Å². The zero-order chi connectivity index (χ0) is 15.4. The Balaban J connectivity index is 2.21. The van der Waals surface area contributed by atoms with Crippen molar-refractivity contribution >= 4 is 21.7 Å². The molecule has 112 valence electrons. The third kappa shape index (κ3) is 4.17. The number of aromatic nitrogens is 2. The normalized spacial score (nSPS) is 10.8. The van der Waals surface area contributed by atoms with E-state index in [-0.39, 0.29) is 0 Å². The third-order valence-electron chi connectivity index (χ3n) is 3.16. The summed E-state index contributed by atoms with van der Waals surface area (Å²) in [6.07, 6.45) is 0. The Labute approximate surface area is 134 Å². The molecule has 0 spiro atoms. The molecule has 1 aromatic heterocycles. The number of benzene rings is 1. The summed E-state index contributed by atoms with van der Waals surface area (Å²) in [4.78, 5) is 11.1. The molecule has 4 nitrogen and oxygen atoms in total. The lowest BCUT2D eigenvalue weighted by Crippen LogP contribution is -2.19. The van der Waals surface area contributed by atoms with Gasteiger partial charge in [-0.05, 0) is 33.6 Å². The lowest BCUT2D eigenvalue weighted by atomic mass is 10.2. The Morgan fingerprint density at radius 2 is 2.00 bits per heavy atom. The van der Waals surface area contributed by atoms with Crippen LogP contribution in [-0.2, 0) is 6.54 Å². The van der Waals surface area contributed by atoms with E-state index in [4.69, 9.17) is 4.74 Å². The Hall–Kier alpha value is -1.62. The van der Waals surface area contributed by atoms with Crippen molar-refractivity contribution in [2.45, 2.75) is 26.3 Å². The largest absolute Gasteiger partial charge is 0.497 e. The van der Waals surface area contributed by atoms with Crippen LogP contribution in [0.15, 0.2) is 34.9 Å². The van der Waals surface area contributed by atoms with Gasteiger partial charge >= 0.3 is 0 Å². The predicted octanol–water partition coefficient (Wildman–Crippen LogP) is 4.01. The zero-order valence-electron chi connectivity index (χ0n) is 12.8. The second kappa shape index (κ2) is 6.89. The van der Waals surface area contributed by atoms with Crippen LogP contribution in [0.5, 0.6) is 5.75 Å². The number of nitrogens with zero attached hydrogens (tertiary/aromatic N) is 3. The van der Waals surface area contributed by atoms with Crippen LogP contribution in [0, 0.1) is 0 Å². The van der Waals surface area contributed by atoms with Gasteiger partial charge in [-0.25, -0.2) is 9.97 Å². The molecular formula is C16H20BrN3O. The van der Waals surface area contributed by atoms with Crippen LogP contribution < -0.4 is 9.64 Å². The highest BCUT2D eigenvalue weighted by Crippen LogP contribution is 2.22. The molecule has 1 aromatic carbocycles. The lowest BCUT2D eigenvalue weighted by molar-refractivity contribution is 0.414. The van der Waals surface area contributed by atoms with Gasteiger partial charge in [0.2, 0.25) is 0 Å². The maximum absolute atomic E-state index is 5.26. The fraction of sp³-hybridized carbons (Fsp3) is 0.375. The van der Waals surface area contributed by atoms with Crippen molar-refractivity contribution in [1.82, 2.24) is 9.97 Å². The zero-order valence-corrected chi connectivity index (χ0v) is 14.4. The maximum Gasteiger partial charge on any atom is 0.134 e. The van der Waals surface area contributed by atoms with Crippen molar-refractivity contribution < 1.29 is 4.74 Å². The minimum Gasteiger partial charge on any atom is -0.497 e. The molecule has 0 radical (unpaired) electrons. The van der Waals surface area contributed by atoms with Gasteiger partial charge in [0.15, 0.2) is 0 Å². The first-order valence-corrected chi connectivity index (χ1v) is 7.67. The molecule has 0 N–H and O–H groups in total. The van der Waals surface area contributed by atoms with Gasteiger partial charge in [0, 0.05) is 25.6 Å². The van der Waals surface area contributed by atoms with E-state index in [0.29, 0.717) is 5.92 Å². The first kappa shape index (κ1) is 15.8. The Morgan fingerprint density at radius 1 is 1.24 bits per heavy atom. The minimum atomic E-state index is 0.298. The van der Waals surface area contributed by atoms with Crippen LogP contribution in [0.1, 0.15) is 31.2 Å². The van der Waals surface area contributed by atoms with Gasteiger partial charge in [0.05, 0.1) is 7.11 Å². The lowest BCUT2D eigenvalue weighted by Gasteiger charge is -2.20. The fourth-order valence-electron chi connectivity index (χ4n) is 2.00. The molecule has 0 aliphatic heterocycles. The summed E-state index contributed by atoms with van der Waals surface area (Å²) < 4.78 is 6.07. The van der Waals surface area contributed by atoms with Crippen LogP contribution in [0.25, 0.3) is 0 Å². The quantitative estimate of drug-likeness (QED) is 0.764.